The van der Waals surface area contributed by atoms with E-state index in [1.54, 1.807) is 18.2 Å². The number of benzene rings is 1. The van der Waals surface area contributed by atoms with Gasteiger partial charge in [0.1, 0.15) is 11.8 Å². The molecule has 6 nitrogen and oxygen atoms in total. The molecule has 2 rings (SSSR count). The van der Waals surface area contributed by atoms with Gasteiger partial charge >= 0.3 is 0 Å². The highest BCUT2D eigenvalue weighted by atomic mass is 16.2. The van der Waals surface area contributed by atoms with Crippen molar-refractivity contribution in [1.82, 2.24) is 4.98 Å². The van der Waals surface area contributed by atoms with Crippen LogP contribution in [-0.4, -0.2) is 16.8 Å². The molecule has 3 N–H and O–H groups in total. The fourth-order valence-electron chi connectivity index (χ4n) is 1.60. The molecule has 0 atom stereocenters. The molecular weight excluding hydrogens is 256 g/mol. The Kier molecular flexibility index (Phi) is 3.72. The molecule has 1 heterocycles. The fourth-order valence-corrected chi connectivity index (χ4v) is 1.60. The Bertz CT molecular complexity index is 702. The smallest absolute Gasteiger partial charge is 0.257 e. The number of amides is 2. The number of anilines is 1. The van der Waals surface area contributed by atoms with Crippen LogP contribution in [0.5, 0.6) is 0 Å². The quantitative estimate of drug-likeness (QED) is 0.872. The van der Waals surface area contributed by atoms with Gasteiger partial charge in [-0.05, 0) is 24.3 Å². The minimum absolute atomic E-state index is 0.221. The largest absolute Gasteiger partial charge is 0.366 e. The number of hydrogen-bond acceptors (Lipinski definition) is 4. The lowest BCUT2D eigenvalue weighted by atomic mass is 10.1. The number of aromatic nitrogens is 1. The van der Waals surface area contributed by atoms with Crippen molar-refractivity contribution in [2.24, 2.45) is 5.73 Å². The van der Waals surface area contributed by atoms with Gasteiger partial charge in [-0.25, -0.2) is 4.98 Å². The summed E-state index contributed by atoms with van der Waals surface area (Å²) in [6.45, 7) is 0. The van der Waals surface area contributed by atoms with E-state index >= 15 is 0 Å². The third-order valence-corrected chi connectivity index (χ3v) is 2.58. The second-order valence-corrected chi connectivity index (χ2v) is 3.91. The number of nitrogens with zero attached hydrogens (tertiary/aromatic N) is 2. The van der Waals surface area contributed by atoms with Crippen molar-refractivity contribution in [1.29, 1.82) is 5.26 Å². The molecule has 0 bridgehead atoms. The van der Waals surface area contributed by atoms with Gasteiger partial charge in [-0.2, -0.15) is 5.26 Å². The molecule has 0 aliphatic carbocycles. The van der Waals surface area contributed by atoms with Gasteiger partial charge in [0.2, 0.25) is 0 Å². The Labute approximate surface area is 114 Å². The predicted octanol–water partition coefficient (Wildman–Crippen LogP) is 1.30. The summed E-state index contributed by atoms with van der Waals surface area (Å²) < 4.78 is 0. The molecule has 0 spiro atoms. The fraction of sp³-hybridized carbons (Fsp3) is 0. The van der Waals surface area contributed by atoms with Crippen molar-refractivity contribution in [3.63, 3.8) is 0 Å². The first-order valence-electron chi connectivity index (χ1n) is 5.68. The Morgan fingerprint density at radius 3 is 2.55 bits per heavy atom. The van der Waals surface area contributed by atoms with E-state index in [1.807, 2.05) is 6.07 Å². The van der Waals surface area contributed by atoms with Crippen LogP contribution >= 0.6 is 0 Å². The lowest BCUT2D eigenvalue weighted by Crippen LogP contribution is -2.18. The number of carbonyl (C=O) groups excluding carboxylic acids is 2. The highest BCUT2D eigenvalue weighted by molar-refractivity contribution is 6.08. The minimum atomic E-state index is -0.626. The zero-order valence-electron chi connectivity index (χ0n) is 10.3. The SMILES string of the molecule is N#Cc1ccc(C(=O)Nc2ccccc2C(N)=O)cn1. The molecule has 0 aliphatic heterocycles. The lowest BCUT2D eigenvalue weighted by molar-refractivity contribution is 0.100. The zero-order chi connectivity index (χ0) is 14.5. The molecule has 1 aromatic carbocycles. The summed E-state index contributed by atoms with van der Waals surface area (Å²) in [5, 5.41) is 11.2. The Morgan fingerprint density at radius 2 is 1.95 bits per heavy atom. The number of primary amides is 1. The second kappa shape index (κ2) is 5.63. The monoisotopic (exact) mass is 266 g/mol. The van der Waals surface area contributed by atoms with Gasteiger partial charge in [0.15, 0.2) is 0 Å². The van der Waals surface area contributed by atoms with E-state index in [-0.39, 0.29) is 16.8 Å². The highest BCUT2D eigenvalue weighted by Crippen LogP contribution is 2.15. The Hall–Kier alpha value is -3.20. The molecule has 0 aliphatic rings. The maximum absolute atomic E-state index is 12.0. The van der Waals surface area contributed by atoms with E-state index < -0.39 is 11.8 Å². The first kappa shape index (κ1) is 13.2. The molecule has 0 unspecified atom stereocenters. The average Bonchev–Trinajstić information content (AvgIpc) is 2.47. The number of para-hydroxylation sites is 1. The van der Waals surface area contributed by atoms with Crippen LogP contribution in [0.3, 0.4) is 0 Å². The van der Waals surface area contributed by atoms with E-state index in [0.29, 0.717) is 5.69 Å². The maximum Gasteiger partial charge on any atom is 0.257 e. The third-order valence-electron chi connectivity index (χ3n) is 2.58. The number of rotatable bonds is 3. The molecule has 0 radical (unpaired) electrons. The molecule has 98 valence electrons. The first-order valence-corrected chi connectivity index (χ1v) is 5.68. The van der Waals surface area contributed by atoms with Gasteiger partial charge in [0.05, 0.1) is 16.8 Å². The molecule has 6 heteroatoms. The van der Waals surface area contributed by atoms with Gasteiger partial charge in [0.25, 0.3) is 11.8 Å². The number of carbonyl (C=O) groups is 2. The minimum Gasteiger partial charge on any atom is -0.366 e. The summed E-state index contributed by atoms with van der Waals surface area (Å²) in [4.78, 5) is 27.1. The van der Waals surface area contributed by atoms with Gasteiger partial charge in [-0.3, -0.25) is 9.59 Å². The lowest BCUT2D eigenvalue weighted by Gasteiger charge is -2.08. The third kappa shape index (κ3) is 2.79. The molecule has 0 fully saturated rings. The predicted molar refractivity (Wildman–Crippen MR) is 71.9 cm³/mol. The van der Waals surface area contributed by atoms with Crippen LogP contribution in [0.2, 0.25) is 0 Å². The number of nitrogens with two attached hydrogens (primary N) is 1. The van der Waals surface area contributed by atoms with E-state index in [4.69, 9.17) is 11.0 Å². The summed E-state index contributed by atoms with van der Waals surface area (Å²) >= 11 is 0. The molecule has 20 heavy (non-hydrogen) atoms. The first-order chi connectivity index (χ1) is 9.61. The van der Waals surface area contributed by atoms with Crippen molar-refractivity contribution in [3.8, 4) is 6.07 Å². The normalized spacial score (nSPS) is 9.55. The average molecular weight is 266 g/mol. The summed E-state index contributed by atoms with van der Waals surface area (Å²) in [6.07, 6.45) is 1.29. The van der Waals surface area contributed by atoms with Gasteiger partial charge < -0.3 is 11.1 Å². The zero-order valence-corrected chi connectivity index (χ0v) is 10.3. The van der Waals surface area contributed by atoms with Crippen molar-refractivity contribution in [3.05, 3.63) is 59.4 Å². The Morgan fingerprint density at radius 1 is 1.20 bits per heavy atom. The number of nitriles is 1. The van der Waals surface area contributed by atoms with Gasteiger partial charge in [-0.1, -0.05) is 12.1 Å². The summed E-state index contributed by atoms with van der Waals surface area (Å²) in [6, 6.07) is 11.2. The maximum atomic E-state index is 12.0. The highest BCUT2D eigenvalue weighted by Gasteiger charge is 2.12. The summed E-state index contributed by atoms with van der Waals surface area (Å²) in [5.41, 5.74) is 6.28. The summed E-state index contributed by atoms with van der Waals surface area (Å²) in [5.74, 6) is -1.06. The number of nitrogens with one attached hydrogen (secondary N) is 1. The van der Waals surface area contributed by atoms with E-state index in [9.17, 15) is 9.59 Å². The van der Waals surface area contributed by atoms with Crippen LogP contribution in [0.4, 0.5) is 5.69 Å². The standard InChI is InChI=1S/C14H10N4O2/c15-7-10-6-5-9(8-17-10)14(20)18-12-4-2-1-3-11(12)13(16)19/h1-6,8H,(H2,16,19)(H,18,20). The molecule has 1 aromatic heterocycles. The van der Waals surface area contributed by atoms with Gasteiger partial charge in [0, 0.05) is 6.20 Å². The van der Waals surface area contributed by atoms with Crippen LogP contribution in [0, 0.1) is 11.3 Å². The topological polar surface area (TPSA) is 109 Å². The van der Waals surface area contributed by atoms with Crippen LogP contribution in [0.1, 0.15) is 26.4 Å². The van der Waals surface area contributed by atoms with Crippen molar-refractivity contribution >= 4 is 17.5 Å². The van der Waals surface area contributed by atoms with Crippen LogP contribution in [0.15, 0.2) is 42.6 Å². The molecule has 2 aromatic rings. The van der Waals surface area contributed by atoms with Crippen LogP contribution < -0.4 is 11.1 Å². The van der Waals surface area contributed by atoms with E-state index in [1.165, 1.54) is 24.4 Å². The van der Waals surface area contributed by atoms with Crippen LogP contribution in [-0.2, 0) is 0 Å². The number of hydrogen-bond donors (Lipinski definition) is 2. The molecular formula is C14H10N4O2. The summed E-state index contributed by atoms with van der Waals surface area (Å²) in [7, 11) is 0. The van der Waals surface area contributed by atoms with Crippen molar-refractivity contribution in [2.75, 3.05) is 5.32 Å². The van der Waals surface area contributed by atoms with E-state index in [2.05, 4.69) is 10.3 Å². The molecule has 0 saturated carbocycles. The second-order valence-electron chi connectivity index (χ2n) is 3.91. The molecule has 0 saturated heterocycles. The van der Waals surface area contributed by atoms with Crippen LogP contribution in [0.25, 0.3) is 0 Å². The van der Waals surface area contributed by atoms with Gasteiger partial charge in [-0.15, -0.1) is 0 Å². The van der Waals surface area contributed by atoms with Crippen molar-refractivity contribution in [2.45, 2.75) is 0 Å². The Balaban J connectivity index is 2.23. The van der Waals surface area contributed by atoms with E-state index in [0.717, 1.165) is 0 Å². The number of pyridine rings is 1. The van der Waals surface area contributed by atoms with Crippen molar-refractivity contribution < 1.29 is 9.59 Å². The molecule has 2 amide bonds.